The average Bonchev–Trinajstić information content (AvgIpc) is 2.35. The second kappa shape index (κ2) is 4.30. The standard InChI is InChI=1S/C15H18F2O/c1-8-5-11-4-3-10-6-9(2)13(16)14(17)12(10)15(11)18-7-8/h6,8,11,15H,3-5,7H2,1-2H3. The molecule has 1 aliphatic heterocycles. The van der Waals surface area contributed by atoms with Gasteiger partial charge in [-0.05, 0) is 49.1 Å². The van der Waals surface area contributed by atoms with Gasteiger partial charge < -0.3 is 4.74 Å². The Morgan fingerprint density at radius 1 is 1.28 bits per heavy atom. The van der Waals surface area contributed by atoms with Crippen LogP contribution in [0.15, 0.2) is 6.07 Å². The first-order chi connectivity index (χ1) is 8.58. The normalized spacial score (nSPS) is 30.8. The highest BCUT2D eigenvalue weighted by molar-refractivity contribution is 5.38. The van der Waals surface area contributed by atoms with Gasteiger partial charge in [0.2, 0.25) is 0 Å². The first-order valence-electron chi connectivity index (χ1n) is 6.67. The third kappa shape index (κ3) is 1.76. The molecule has 1 saturated heterocycles. The lowest BCUT2D eigenvalue weighted by molar-refractivity contribution is -0.0635. The second-order valence-electron chi connectivity index (χ2n) is 5.79. The third-order valence-corrected chi connectivity index (χ3v) is 4.27. The van der Waals surface area contributed by atoms with E-state index in [2.05, 4.69) is 6.92 Å². The first kappa shape index (κ1) is 12.1. The summed E-state index contributed by atoms with van der Waals surface area (Å²) in [7, 11) is 0. The number of ether oxygens (including phenoxy) is 1. The van der Waals surface area contributed by atoms with Gasteiger partial charge in [-0.15, -0.1) is 0 Å². The Morgan fingerprint density at radius 3 is 2.83 bits per heavy atom. The molecule has 3 unspecified atom stereocenters. The lowest BCUT2D eigenvalue weighted by Crippen LogP contribution is -2.32. The summed E-state index contributed by atoms with van der Waals surface area (Å²) < 4.78 is 33.7. The van der Waals surface area contributed by atoms with E-state index in [0.29, 0.717) is 29.6 Å². The second-order valence-corrected chi connectivity index (χ2v) is 5.79. The first-order valence-corrected chi connectivity index (χ1v) is 6.67. The Morgan fingerprint density at radius 2 is 2.06 bits per heavy atom. The van der Waals surface area contributed by atoms with Crippen LogP contribution in [0.25, 0.3) is 0 Å². The topological polar surface area (TPSA) is 9.23 Å². The van der Waals surface area contributed by atoms with Crippen molar-refractivity contribution in [3.8, 4) is 0 Å². The molecular formula is C15H18F2O. The predicted octanol–water partition coefficient (Wildman–Crippen LogP) is 3.93. The number of benzene rings is 1. The summed E-state index contributed by atoms with van der Waals surface area (Å²) >= 11 is 0. The molecule has 1 fully saturated rings. The number of fused-ring (bicyclic) bond motifs is 3. The molecule has 0 radical (unpaired) electrons. The van der Waals surface area contributed by atoms with Crippen LogP contribution < -0.4 is 0 Å². The number of hydrogen-bond acceptors (Lipinski definition) is 1. The Labute approximate surface area is 106 Å². The minimum Gasteiger partial charge on any atom is -0.373 e. The average molecular weight is 252 g/mol. The van der Waals surface area contributed by atoms with Crippen LogP contribution in [0, 0.1) is 30.4 Å². The molecule has 0 bridgehead atoms. The highest BCUT2D eigenvalue weighted by atomic mass is 19.2. The number of hydrogen-bond donors (Lipinski definition) is 0. The highest BCUT2D eigenvalue weighted by Crippen LogP contribution is 2.45. The van der Waals surface area contributed by atoms with E-state index < -0.39 is 11.6 Å². The quantitative estimate of drug-likeness (QED) is 0.679. The number of rotatable bonds is 0. The molecule has 1 nitrogen and oxygen atoms in total. The zero-order valence-electron chi connectivity index (χ0n) is 10.8. The maximum atomic E-state index is 14.2. The minimum absolute atomic E-state index is 0.236. The summed E-state index contributed by atoms with van der Waals surface area (Å²) in [5.41, 5.74) is 1.82. The smallest absolute Gasteiger partial charge is 0.165 e. The molecule has 0 spiro atoms. The van der Waals surface area contributed by atoms with Crippen molar-refractivity contribution in [1.82, 2.24) is 0 Å². The van der Waals surface area contributed by atoms with Crippen molar-refractivity contribution in [2.45, 2.75) is 39.2 Å². The van der Waals surface area contributed by atoms with Gasteiger partial charge in [-0.3, -0.25) is 0 Å². The maximum absolute atomic E-state index is 14.2. The molecule has 3 heteroatoms. The van der Waals surface area contributed by atoms with Crippen LogP contribution in [-0.2, 0) is 11.2 Å². The van der Waals surface area contributed by atoms with Crippen LogP contribution in [0.4, 0.5) is 8.78 Å². The zero-order chi connectivity index (χ0) is 12.9. The van der Waals surface area contributed by atoms with E-state index in [4.69, 9.17) is 4.74 Å². The maximum Gasteiger partial charge on any atom is 0.165 e. The van der Waals surface area contributed by atoms with Gasteiger partial charge in [0, 0.05) is 12.2 Å². The molecule has 1 aromatic rings. The largest absolute Gasteiger partial charge is 0.373 e. The van der Waals surface area contributed by atoms with Crippen LogP contribution in [0.5, 0.6) is 0 Å². The van der Waals surface area contributed by atoms with E-state index in [9.17, 15) is 8.78 Å². The summed E-state index contributed by atoms with van der Waals surface area (Å²) in [6.07, 6.45) is 2.68. The van der Waals surface area contributed by atoms with Gasteiger partial charge in [-0.1, -0.05) is 13.0 Å². The Balaban J connectivity index is 2.06. The van der Waals surface area contributed by atoms with Crippen molar-refractivity contribution in [2.75, 3.05) is 6.61 Å². The Bertz CT molecular complexity index is 484. The van der Waals surface area contributed by atoms with Gasteiger partial charge in [-0.2, -0.15) is 0 Å². The molecule has 0 saturated carbocycles. The summed E-state index contributed by atoms with van der Waals surface area (Å²) in [4.78, 5) is 0. The predicted molar refractivity (Wildman–Crippen MR) is 65.4 cm³/mol. The molecule has 0 N–H and O–H groups in total. The molecule has 3 atom stereocenters. The van der Waals surface area contributed by atoms with Gasteiger partial charge in [0.05, 0.1) is 6.10 Å². The van der Waals surface area contributed by atoms with Crippen LogP contribution >= 0.6 is 0 Å². The van der Waals surface area contributed by atoms with Crippen LogP contribution in [0.3, 0.4) is 0 Å². The molecule has 1 aliphatic carbocycles. The molecule has 0 amide bonds. The number of aryl methyl sites for hydroxylation is 2. The van der Waals surface area contributed by atoms with Gasteiger partial charge in [0.1, 0.15) is 0 Å². The van der Waals surface area contributed by atoms with Crippen LogP contribution in [0.2, 0.25) is 0 Å². The summed E-state index contributed by atoms with van der Waals surface area (Å²) in [6, 6.07) is 1.78. The van der Waals surface area contributed by atoms with E-state index in [0.717, 1.165) is 24.8 Å². The van der Waals surface area contributed by atoms with Crippen LogP contribution in [0.1, 0.15) is 42.6 Å². The van der Waals surface area contributed by atoms with E-state index in [-0.39, 0.29) is 6.10 Å². The molecule has 2 aliphatic rings. The fourth-order valence-corrected chi connectivity index (χ4v) is 3.39. The van der Waals surface area contributed by atoms with Gasteiger partial charge >= 0.3 is 0 Å². The molecule has 1 aromatic carbocycles. The SMILES string of the molecule is Cc1cc2c(c(F)c1F)C1OCC(C)CC1CC2. The molecule has 1 heterocycles. The summed E-state index contributed by atoms with van der Waals surface area (Å²) in [5.74, 6) is -0.533. The van der Waals surface area contributed by atoms with Gasteiger partial charge in [0.15, 0.2) is 11.6 Å². The van der Waals surface area contributed by atoms with E-state index >= 15 is 0 Å². The van der Waals surface area contributed by atoms with Gasteiger partial charge in [0.25, 0.3) is 0 Å². The highest BCUT2D eigenvalue weighted by Gasteiger charge is 2.37. The van der Waals surface area contributed by atoms with Crippen molar-refractivity contribution >= 4 is 0 Å². The van der Waals surface area contributed by atoms with Crippen molar-refractivity contribution in [3.63, 3.8) is 0 Å². The van der Waals surface area contributed by atoms with Gasteiger partial charge in [-0.25, -0.2) is 8.78 Å². The minimum atomic E-state index is -0.711. The summed E-state index contributed by atoms with van der Waals surface area (Å²) in [5, 5.41) is 0. The lowest BCUT2D eigenvalue weighted by atomic mass is 9.75. The summed E-state index contributed by atoms with van der Waals surface area (Å²) in [6.45, 7) is 4.42. The van der Waals surface area contributed by atoms with Crippen molar-refractivity contribution in [2.24, 2.45) is 11.8 Å². The zero-order valence-corrected chi connectivity index (χ0v) is 10.8. The lowest BCUT2D eigenvalue weighted by Gasteiger charge is -2.39. The van der Waals surface area contributed by atoms with E-state index in [1.54, 1.807) is 13.0 Å². The van der Waals surface area contributed by atoms with Crippen molar-refractivity contribution in [3.05, 3.63) is 34.4 Å². The Hall–Kier alpha value is -0.960. The number of halogens is 2. The Kier molecular flexibility index (Phi) is 2.89. The molecule has 0 aromatic heterocycles. The van der Waals surface area contributed by atoms with Crippen molar-refractivity contribution in [1.29, 1.82) is 0 Å². The van der Waals surface area contributed by atoms with E-state index in [1.165, 1.54) is 0 Å². The molecule has 98 valence electrons. The molecule has 3 rings (SSSR count). The fourth-order valence-electron chi connectivity index (χ4n) is 3.39. The monoisotopic (exact) mass is 252 g/mol. The molecule has 18 heavy (non-hydrogen) atoms. The van der Waals surface area contributed by atoms with Crippen LogP contribution in [-0.4, -0.2) is 6.61 Å². The fraction of sp³-hybridized carbons (Fsp3) is 0.600. The van der Waals surface area contributed by atoms with E-state index in [1.807, 2.05) is 0 Å². The van der Waals surface area contributed by atoms with Crippen molar-refractivity contribution < 1.29 is 13.5 Å². The third-order valence-electron chi connectivity index (χ3n) is 4.27. The molecular weight excluding hydrogens is 234 g/mol.